The van der Waals surface area contributed by atoms with E-state index in [9.17, 15) is 0 Å². The van der Waals surface area contributed by atoms with Crippen molar-refractivity contribution in [3.63, 3.8) is 0 Å². The summed E-state index contributed by atoms with van der Waals surface area (Å²) in [6, 6.07) is 1.83. The molecule has 1 aromatic rings. The van der Waals surface area contributed by atoms with E-state index in [4.69, 9.17) is 15.2 Å². The summed E-state index contributed by atoms with van der Waals surface area (Å²) in [6.45, 7) is 6.29. The maximum atomic E-state index is 6.56. The van der Waals surface area contributed by atoms with Gasteiger partial charge in [-0.25, -0.2) is 0 Å². The number of ether oxygens (including phenoxy) is 2. The van der Waals surface area contributed by atoms with Crippen LogP contribution in [0, 0.1) is 5.92 Å². The highest BCUT2D eigenvalue weighted by molar-refractivity contribution is 5.28. The zero-order chi connectivity index (χ0) is 15.5. The molecule has 3 atom stereocenters. The Labute approximate surface area is 128 Å². The summed E-state index contributed by atoms with van der Waals surface area (Å²) < 4.78 is 11.6. The van der Waals surface area contributed by atoms with Gasteiger partial charge >= 0.3 is 0 Å². The molecule has 0 amide bonds. The number of pyridine rings is 1. The molecular formula is C17H28N2O2. The zero-order valence-electron chi connectivity index (χ0n) is 13.6. The molecule has 118 valence electrons. The summed E-state index contributed by atoms with van der Waals surface area (Å²) in [5.74, 6) is 1.42. The van der Waals surface area contributed by atoms with Crippen molar-refractivity contribution in [2.24, 2.45) is 11.7 Å². The van der Waals surface area contributed by atoms with Crippen LogP contribution in [0.1, 0.15) is 58.1 Å². The lowest BCUT2D eigenvalue weighted by Crippen LogP contribution is -2.46. The van der Waals surface area contributed by atoms with Crippen molar-refractivity contribution in [3.05, 3.63) is 24.0 Å². The average molecular weight is 292 g/mol. The van der Waals surface area contributed by atoms with Crippen LogP contribution in [0.15, 0.2) is 18.5 Å². The van der Waals surface area contributed by atoms with Crippen molar-refractivity contribution >= 4 is 0 Å². The Morgan fingerprint density at radius 2 is 2.14 bits per heavy atom. The van der Waals surface area contributed by atoms with E-state index in [1.165, 1.54) is 12.8 Å². The van der Waals surface area contributed by atoms with Crippen molar-refractivity contribution in [3.8, 4) is 5.75 Å². The second-order valence-corrected chi connectivity index (χ2v) is 6.57. The highest BCUT2D eigenvalue weighted by Gasteiger charge is 2.41. The molecule has 0 aliphatic heterocycles. The van der Waals surface area contributed by atoms with Gasteiger partial charge in [0.05, 0.1) is 23.9 Å². The molecule has 0 aromatic carbocycles. The number of aromatic nitrogens is 1. The number of hydrogen-bond acceptors (Lipinski definition) is 4. The Morgan fingerprint density at radius 3 is 2.76 bits per heavy atom. The Kier molecular flexibility index (Phi) is 5.22. The van der Waals surface area contributed by atoms with Gasteiger partial charge in [0, 0.05) is 13.3 Å². The van der Waals surface area contributed by atoms with E-state index < -0.39 is 0 Å². The molecular weight excluding hydrogens is 264 g/mol. The molecule has 4 nitrogen and oxygen atoms in total. The van der Waals surface area contributed by atoms with Gasteiger partial charge in [0.2, 0.25) is 0 Å². The van der Waals surface area contributed by atoms with E-state index in [0.29, 0.717) is 5.92 Å². The fraction of sp³-hybridized carbons (Fsp3) is 0.706. The van der Waals surface area contributed by atoms with Gasteiger partial charge in [-0.2, -0.15) is 0 Å². The van der Waals surface area contributed by atoms with Crippen LogP contribution >= 0.6 is 0 Å². The number of hydrogen-bond donors (Lipinski definition) is 1. The van der Waals surface area contributed by atoms with Crippen LogP contribution in [-0.4, -0.2) is 23.8 Å². The second-order valence-electron chi connectivity index (χ2n) is 6.57. The molecule has 1 aromatic heterocycles. The Bertz CT molecular complexity index is 464. The van der Waals surface area contributed by atoms with Gasteiger partial charge in [-0.1, -0.05) is 19.8 Å². The molecule has 4 heteroatoms. The lowest BCUT2D eigenvalue weighted by Gasteiger charge is -2.43. The maximum Gasteiger partial charge on any atom is 0.138 e. The Morgan fingerprint density at radius 1 is 1.38 bits per heavy atom. The van der Waals surface area contributed by atoms with E-state index >= 15 is 0 Å². The standard InChI is InChI=1S/C17H28N2O2/c1-12(2)21-15-8-14(10-19-11-15)16(18)17(20-4)7-5-6-13(3)9-17/h8,10-13,16H,5-7,9,18H2,1-4H3. The van der Waals surface area contributed by atoms with E-state index in [1.54, 1.807) is 13.3 Å². The van der Waals surface area contributed by atoms with Crippen molar-refractivity contribution in [1.29, 1.82) is 0 Å². The highest BCUT2D eigenvalue weighted by Crippen LogP contribution is 2.42. The van der Waals surface area contributed by atoms with Crippen LogP contribution in [0.3, 0.4) is 0 Å². The quantitative estimate of drug-likeness (QED) is 0.903. The number of nitrogens with zero attached hydrogens (tertiary/aromatic N) is 1. The van der Waals surface area contributed by atoms with Gasteiger partial charge in [0.1, 0.15) is 5.75 Å². The summed E-state index contributed by atoms with van der Waals surface area (Å²) in [6.07, 6.45) is 8.12. The third-order valence-corrected chi connectivity index (χ3v) is 4.43. The summed E-state index contributed by atoms with van der Waals surface area (Å²) in [5, 5.41) is 0. The molecule has 1 fully saturated rings. The number of rotatable bonds is 5. The molecule has 21 heavy (non-hydrogen) atoms. The molecule has 2 rings (SSSR count). The smallest absolute Gasteiger partial charge is 0.138 e. The van der Waals surface area contributed by atoms with Gasteiger partial charge in [0.15, 0.2) is 0 Å². The molecule has 0 saturated heterocycles. The molecule has 0 bridgehead atoms. The topological polar surface area (TPSA) is 57.4 Å². The third kappa shape index (κ3) is 3.74. The minimum absolute atomic E-state index is 0.129. The largest absolute Gasteiger partial charge is 0.489 e. The second kappa shape index (κ2) is 6.75. The molecule has 2 N–H and O–H groups in total. The minimum Gasteiger partial charge on any atom is -0.489 e. The summed E-state index contributed by atoms with van der Waals surface area (Å²) >= 11 is 0. The van der Waals surface area contributed by atoms with E-state index in [0.717, 1.165) is 24.2 Å². The van der Waals surface area contributed by atoms with Gasteiger partial charge in [0.25, 0.3) is 0 Å². The van der Waals surface area contributed by atoms with E-state index in [2.05, 4.69) is 11.9 Å². The first-order valence-corrected chi connectivity index (χ1v) is 7.89. The van der Waals surface area contributed by atoms with Gasteiger partial charge < -0.3 is 15.2 Å². The third-order valence-electron chi connectivity index (χ3n) is 4.43. The predicted octanol–water partition coefficient (Wildman–Crippen LogP) is 3.46. The fourth-order valence-electron chi connectivity index (χ4n) is 3.38. The lowest BCUT2D eigenvalue weighted by atomic mass is 9.73. The summed E-state index contributed by atoms with van der Waals surface area (Å²) in [5.41, 5.74) is 7.26. The van der Waals surface area contributed by atoms with Crippen molar-refractivity contribution in [1.82, 2.24) is 4.98 Å². The lowest BCUT2D eigenvalue weighted by molar-refractivity contribution is -0.0719. The first kappa shape index (κ1) is 16.2. The van der Waals surface area contributed by atoms with Crippen LogP contribution in [-0.2, 0) is 4.74 Å². The molecule has 3 unspecified atom stereocenters. The molecule has 1 aliphatic rings. The van der Waals surface area contributed by atoms with Crippen LogP contribution in [0.2, 0.25) is 0 Å². The van der Waals surface area contributed by atoms with E-state index in [-0.39, 0.29) is 17.7 Å². The number of nitrogens with two attached hydrogens (primary N) is 1. The van der Waals surface area contributed by atoms with Gasteiger partial charge in [-0.15, -0.1) is 0 Å². The minimum atomic E-state index is -0.282. The van der Waals surface area contributed by atoms with Crippen LogP contribution in [0.25, 0.3) is 0 Å². The predicted molar refractivity (Wildman–Crippen MR) is 84.3 cm³/mol. The first-order valence-electron chi connectivity index (χ1n) is 7.89. The molecule has 1 heterocycles. The van der Waals surface area contributed by atoms with Crippen LogP contribution in [0.4, 0.5) is 0 Å². The van der Waals surface area contributed by atoms with Crippen molar-refractivity contribution in [2.45, 2.75) is 64.2 Å². The summed E-state index contributed by atoms with van der Waals surface area (Å²) in [7, 11) is 1.78. The van der Waals surface area contributed by atoms with Gasteiger partial charge in [-0.05, 0) is 44.2 Å². The molecule has 1 saturated carbocycles. The van der Waals surface area contributed by atoms with Gasteiger partial charge in [-0.3, -0.25) is 4.98 Å². The average Bonchev–Trinajstić information content (AvgIpc) is 2.46. The number of methoxy groups -OCH3 is 1. The molecule has 1 aliphatic carbocycles. The zero-order valence-corrected chi connectivity index (χ0v) is 13.6. The normalized spacial score (nSPS) is 27.6. The summed E-state index contributed by atoms with van der Waals surface area (Å²) in [4.78, 5) is 4.28. The van der Waals surface area contributed by atoms with Crippen LogP contribution < -0.4 is 10.5 Å². The Balaban J connectivity index is 2.22. The monoisotopic (exact) mass is 292 g/mol. The fourth-order valence-corrected chi connectivity index (χ4v) is 3.38. The van der Waals surface area contributed by atoms with Crippen LogP contribution in [0.5, 0.6) is 5.75 Å². The van der Waals surface area contributed by atoms with Crippen molar-refractivity contribution in [2.75, 3.05) is 7.11 Å². The first-order chi connectivity index (χ1) is 9.97. The Hall–Kier alpha value is -1.13. The SMILES string of the molecule is COC1(C(N)c2cncc(OC(C)C)c2)CCCC(C)C1. The van der Waals surface area contributed by atoms with Crippen molar-refractivity contribution < 1.29 is 9.47 Å². The molecule has 0 radical (unpaired) electrons. The van der Waals surface area contributed by atoms with E-state index in [1.807, 2.05) is 26.1 Å². The highest BCUT2D eigenvalue weighted by atomic mass is 16.5. The maximum absolute atomic E-state index is 6.56. The molecule has 0 spiro atoms.